The molecule has 46 heavy (non-hydrogen) atoms. The highest BCUT2D eigenvalue weighted by molar-refractivity contribution is 6.03. The lowest BCUT2D eigenvalue weighted by atomic mass is 10.0. The van der Waals surface area contributed by atoms with E-state index in [-0.39, 0.29) is 17.9 Å². The summed E-state index contributed by atoms with van der Waals surface area (Å²) in [4.78, 5) is 72.1. The highest BCUT2D eigenvalue weighted by Gasteiger charge is 2.31. The van der Waals surface area contributed by atoms with Crippen molar-refractivity contribution in [3.05, 3.63) is 71.7 Å². The molecule has 2 amide bonds. The quantitative estimate of drug-likeness (QED) is 0.172. The Morgan fingerprint density at radius 1 is 1.02 bits per heavy atom. The first-order valence-corrected chi connectivity index (χ1v) is 14.3. The van der Waals surface area contributed by atoms with E-state index in [0.717, 1.165) is 0 Å². The van der Waals surface area contributed by atoms with Gasteiger partial charge in [-0.1, -0.05) is 37.2 Å². The molecule has 2 aromatic heterocycles. The van der Waals surface area contributed by atoms with E-state index in [1.165, 1.54) is 19.4 Å². The van der Waals surface area contributed by atoms with Crippen LogP contribution in [0.1, 0.15) is 42.0 Å². The number of para-hydroxylation sites is 1. The summed E-state index contributed by atoms with van der Waals surface area (Å²) >= 11 is 0. The number of hydrogen-bond donors (Lipinski definition) is 3. The van der Waals surface area contributed by atoms with Crippen LogP contribution in [0.3, 0.4) is 0 Å². The molecule has 0 fully saturated rings. The maximum atomic E-state index is 13.3. The molecular weight excluding hydrogens is 598 g/mol. The molecule has 4 rings (SSSR count). The van der Waals surface area contributed by atoms with E-state index in [9.17, 15) is 29.1 Å². The van der Waals surface area contributed by atoms with Crippen LogP contribution in [0.15, 0.2) is 59.3 Å². The summed E-state index contributed by atoms with van der Waals surface area (Å²) in [6.07, 6.45) is 0.560. The maximum absolute atomic E-state index is 13.3. The summed E-state index contributed by atoms with van der Waals surface area (Å²) in [7, 11) is 1.45. The van der Waals surface area contributed by atoms with E-state index in [0.29, 0.717) is 33.6 Å². The minimum atomic E-state index is -1.53. The number of nitrogens with zero attached hydrogens (tertiary/aromatic N) is 3. The number of Topliss-reactive ketones (excluding diaryl/α,β-unsaturated/α-hetero) is 1. The Labute approximate surface area is 263 Å². The van der Waals surface area contributed by atoms with Gasteiger partial charge in [0, 0.05) is 22.7 Å². The summed E-state index contributed by atoms with van der Waals surface area (Å²) < 4.78 is 15.8. The predicted molar refractivity (Wildman–Crippen MR) is 163 cm³/mol. The van der Waals surface area contributed by atoms with Crippen molar-refractivity contribution in [3.8, 4) is 17.2 Å². The number of esters is 1. The van der Waals surface area contributed by atoms with Crippen LogP contribution in [0.25, 0.3) is 22.4 Å². The average molecular weight is 632 g/mol. The van der Waals surface area contributed by atoms with E-state index in [1.807, 2.05) is 0 Å². The van der Waals surface area contributed by atoms with Crippen molar-refractivity contribution >= 4 is 40.4 Å². The number of carbonyl (C=O) groups excluding carboxylic acids is 4. The number of aromatic nitrogens is 3. The third kappa shape index (κ3) is 8.28. The van der Waals surface area contributed by atoms with Gasteiger partial charge in [0.15, 0.2) is 18.2 Å². The molecule has 0 radical (unpaired) electrons. The predicted octanol–water partition coefficient (Wildman–Crippen LogP) is 2.67. The van der Waals surface area contributed by atoms with Crippen LogP contribution in [0.4, 0.5) is 0 Å². The molecule has 0 spiro atoms. The van der Waals surface area contributed by atoms with Gasteiger partial charge in [-0.15, -0.1) is 0 Å². The van der Waals surface area contributed by atoms with Crippen LogP contribution in [0.2, 0.25) is 0 Å². The maximum Gasteiger partial charge on any atom is 0.340 e. The number of amides is 2. The van der Waals surface area contributed by atoms with Crippen LogP contribution in [-0.4, -0.2) is 75.6 Å². The number of methoxy groups -OCH3 is 1. The number of rotatable bonds is 14. The van der Waals surface area contributed by atoms with Crippen LogP contribution in [0, 0.1) is 12.8 Å². The van der Waals surface area contributed by atoms with Crippen molar-refractivity contribution in [2.45, 2.75) is 45.7 Å². The van der Waals surface area contributed by atoms with Crippen molar-refractivity contribution in [3.63, 3.8) is 0 Å². The highest BCUT2D eigenvalue weighted by Crippen LogP contribution is 2.26. The second-order valence-electron chi connectivity index (χ2n) is 10.7. The molecule has 0 aliphatic heterocycles. The van der Waals surface area contributed by atoms with E-state index >= 15 is 0 Å². The molecule has 4 aromatic rings. The van der Waals surface area contributed by atoms with Crippen LogP contribution in [0.5, 0.6) is 5.75 Å². The van der Waals surface area contributed by atoms with Crippen molar-refractivity contribution in [1.82, 2.24) is 25.8 Å². The molecule has 0 aliphatic rings. The Morgan fingerprint density at radius 2 is 1.78 bits per heavy atom. The zero-order chi connectivity index (χ0) is 33.4. The molecule has 1 unspecified atom stereocenters. The first-order chi connectivity index (χ1) is 22.0. The Morgan fingerprint density at radius 3 is 2.46 bits per heavy atom. The third-order valence-electron chi connectivity index (χ3n) is 6.95. The van der Waals surface area contributed by atoms with Gasteiger partial charge in [0.25, 0.3) is 5.89 Å². The zero-order valence-electron chi connectivity index (χ0n) is 25.6. The average Bonchev–Trinajstić information content (AvgIpc) is 3.47. The Hall–Kier alpha value is -5.66. The first-order valence-electron chi connectivity index (χ1n) is 14.3. The van der Waals surface area contributed by atoms with E-state index < -0.39 is 60.6 Å². The molecule has 3 N–H and O–H groups in total. The monoisotopic (exact) mass is 631 g/mol. The molecule has 0 aliphatic carbocycles. The normalized spacial score (nSPS) is 12.3. The molecular formula is C32H33N5O9. The number of benzene rings is 2. The number of carboxylic acids is 1. The van der Waals surface area contributed by atoms with Gasteiger partial charge in [-0.2, -0.15) is 4.98 Å². The number of aryl methyl sites for hydroxylation is 1. The number of carboxylic acid groups (broad SMARTS) is 1. The van der Waals surface area contributed by atoms with E-state index in [1.54, 1.807) is 63.2 Å². The molecule has 14 heteroatoms. The largest absolute Gasteiger partial charge is 0.496 e. The molecule has 240 valence electrons. The smallest absolute Gasteiger partial charge is 0.340 e. The number of pyridine rings is 1. The van der Waals surface area contributed by atoms with Gasteiger partial charge < -0.3 is 29.7 Å². The van der Waals surface area contributed by atoms with Crippen molar-refractivity contribution < 1.29 is 43.1 Å². The Balaban J connectivity index is 1.42. The molecule has 0 bridgehead atoms. The molecule has 14 nitrogen and oxygen atoms in total. The minimum Gasteiger partial charge on any atom is -0.496 e. The summed E-state index contributed by atoms with van der Waals surface area (Å²) in [5.41, 5.74) is 1.55. The summed E-state index contributed by atoms with van der Waals surface area (Å²) in [6, 6.07) is 10.7. The lowest BCUT2D eigenvalue weighted by Gasteiger charge is -2.24. The number of aliphatic carboxylic acids is 1. The van der Waals surface area contributed by atoms with Crippen molar-refractivity contribution in [1.29, 1.82) is 0 Å². The lowest BCUT2D eigenvalue weighted by Crippen LogP contribution is -2.54. The van der Waals surface area contributed by atoms with Crippen molar-refractivity contribution in [2.75, 3.05) is 13.7 Å². The van der Waals surface area contributed by atoms with Crippen LogP contribution >= 0.6 is 0 Å². The second-order valence-corrected chi connectivity index (χ2v) is 10.7. The molecule has 2 atom stereocenters. The summed E-state index contributed by atoms with van der Waals surface area (Å²) in [5.74, 6) is -3.69. The fourth-order valence-electron chi connectivity index (χ4n) is 4.66. The van der Waals surface area contributed by atoms with E-state index in [2.05, 4.69) is 25.8 Å². The Bertz CT molecular complexity index is 1760. The number of hydrogen-bond acceptors (Lipinski definition) is 11. The van der Waals surface area contributed by atoms with E-state index in [4.69, 9.17) is 14.0 Å². The summed E-state index contributed by atoms with van der Waals surface area (Å²) in [5, 5.41) is 18.9. The standard InChI is InChI=1S/C32H33N5O9/c1-17(2)28(36-26(39)14-21-13-20(10-11-25(21)44-4)31-34-18(3)37-46-31)30(42)35-23(15-27(40)41)24(38)16-45-32(43)22-9-5-7-19-8-6-12-33-29(19)22/h5-13,17,23,28H,14-16H2,1-4H3,(H,35,42)(H,36,39)(H,40,41)/t23?,28-/m0/s1. The van der Waals surface area contributed by atoms with Crippen LogP contribution in [-0.2, 0) is 30.3 Å². The fourth-order valence-corrected chi connectivity index (χ4v) is 4.66. The molecule has 2 heterocycles. The number of ketones is 1. The number of ether oxygens (including phenoxy) is 2. The highest BCUT2D eigenvalue weighted by atomic mass is 16.5. The van der Waals surface area contributed by atoms with Gasteiger partial charge >= 0.3 is 11.9 Å². The fraction of sp³-hybridized carbons (Fsp3) is 0.312. The van der Waals surface area contributed by atoms with Gasteiger partial charge in [-0.3, -0.25) is 24.2 Å². The molecule has 0 saturated carbocycles. The van der Waals surface area contributed by atoms with Gasteiger partial charge in [-0.25, -0.2) is 4.79 Å². The first kappa shape index (κ1) is 33.2. The number of fused-ring (bicyclic) bond motifs is 1. The third-order valence-corrected chi connectivity index (χ3v) is 6.95. The topological polar surface area (TPSA) is 200 Å². The zero-order valence-corrected chi connectivity index (χ0v) is 25.6. The Kier molecular flexibility index (Phi) is 10.8. The SMILES string of the molecule is COc1ccc(-c2nc(C)no2)cc1CC(=O)N[C@H](C(=O)NC(CC(=O)O)C(=O)COC(=O)c1cccc2cccnc12)C(C)C. The minimum absolute atomic E-state index is 0.127. The van der Waals surface area contributed by atoms with Gasteiger partial charge in [0.2, 0.25) is 11.8 Å². The van der Waals surface area contributed by atoms with Crippen molar-refractivity contribution in [2.24, 2.45) is 5.92 Å². The van der Waals surface area contributed by atoms with Crippen LogP contribution < -0.4 is 15.4 Å². The number of nitrogens with one attached hydrogen (secondary N) is 2. The second kappa shape index (κ2) is 14.9. The molecule has 2 aromatic carbocycles. The number of carbonyl (C=O) groups is 5. The summed E-state index contributed by atoms with van der Waals surface area (Å²) in [6.45, 7) is 4.23. The lowest BCUT2D eigenvalue weighted by molar-refractivity contribution is -0.141. The van der Waals surface area contributed by atoms with Gasteiger partial charge in [0.1, 0.15) is 17.8 Å². The van der Waals surface area contributed by atoms with Gasteiger partial charge in [-0.05, 0) is 43.2 Å². The molecule has 0 saturated heterocycles. The van der Waals surface area contributed by atoms with Gasteiger partial charge in [0.05, 0.1) is 31.0 Å².